The van der Waals surface area contributed by atoms with Gasteiger partial charge in [0, 0.05) is 78.8 Å². The van der Waals surface area contributed by atoms with Crippen LogP contribution in [0.15, 0.2) is 83.0 Å². The van der Waals surface area contributed by atoms with Crippen LogP contribution in [0, 0.1) is 26.2 Å². The molecule has 55 heavy (non-hydrogen) atoms. The third-order valence-corrected chi connectivity index (χ3v) is 11.7. The van der Waals surface area contributed by atoms with Gasteiger partial charge in [-0.1, -0.05) is 55.5 Å². The van der Waals surface area contributed by atoms with Crippen molar-refractivity contribution in [2.45, 2.75) is 90.1 Å². The molecule has 3 aliphatic rings. The SMILES string of the molecule is CCCn1cc(-c2cccc(Cc3cc(C)n4nc(C5CC56CC6=NC(C=NC)c5ccccc5)nc4n3)c2)nc1C1CC1c1nc2c(C)ncc(C)n2n1. The zero-order valence-electron chi connectivity index (χ0n) is 31.9. The van der Waals surface area contributed by atoms with Crippen molar-refractivity contribution in [1.82, 2.24) is 48.7 Å². The summed E-state index contributed by atoms with van der Waals surface area (Å²) in [5.41, 5.74) is 10.5. The lowest BCUT2D eigenvalue weighted by Crippen LogP contribution is -2.02. The van der Waals surface area contributed by atoms with Crippen molar-refractivity contribution in [3.8, 4) is 11.3 Å². The summed E-state index contributed by atoms with van der Waals surface area (Å²) in [7, 11) is 1.81. The monoisotopic (exact) mass is 728 g/mol. The molecule has 5 aromatic heterocycles. The number of nitrogens with zero attached hydrogens (tertiary/aromatic N) is 12. The molecular formula is C43H44N12. The molecule has 0 aliphatic heterocycles. The van der Waals surface area contributed by atoms with E-state index >= 15 is 0 Å². The van der Waals surface area contributed by atoms with Crippen LogP contribution in [0.4, 0.5) is 0 Å². The smallest absolute Gasteiger partial charge is 0.252 e. The summed E-state index contributed by atoms with van der Waals surface area (Å²) >= 11 is 0. The first-order valence-corrected chi connectivity index (χ1v) is 19.4. The second-order valence-electron chi connectivity index (χ2n) is 15.7. The van der Waals surface area contributed by atoms with Gasteiger partial charge in [-0.25, -0.2) is 24.0 Å². The van der Waals surface area contributed by atoms with Gasteiger partial charge in [0.05, 0.1) is 22.8 Å². The van der Waals surface area contributed by atoms with E-state index < -0.39 is 0 Å². The molecule has 7 aromatic rings. The van der Waals surface area contributed by atoms with E-state index in [1.54, 1.807) is 0 Å². The second kappa shape index (κ2) is 12.9. The van der Waals surface area contributed by atoms with E-state index in [1.165, 1.54) is 11.3 Å². The number of hydrogen-bond donors (Lipinski definition) is 0. The first kappa shape index (κ1) is 33.6. The fourth-order valence-electron chi connectivity index (χ4n) is 8.44. The Morgan fingerprint density at radius 3 is 2.58 bits per heavy atom. The molecule has 3 fully saturated rings. The summed E-state index contributed by atoms with van der Waals surface area (Å²) in [6.07, 6.45) is 10.8. The summed E-state index contributed by atoms with van der Waals surface area (Å²) in [5.74, 6) is 4.38. The fraction of sp³-hybridized carbons (Fsp3) is 0.372. The van der Waals surface area contributed by atoms with Gasteiger partial charge in [0.1, 0.15) is 11.9 Å². The third kappa shape index (κ3) is 5.94. The number of hydrogen-bond acceptors (Lipinski definition) is 9. The Bertz CT molecular complexity index is 2630. The van der Waals surface area contributed by atoms with Crippen LogP contribution in [0.5, 0.6) is 0 Å². The van der Waals surface area contributed by atoms with Crippen molar-refractivity contribution in [2.24, 2.45) is 15.4 Å². The highest BCUT2D eigenvalue weighted by Crippen LogP contribution is 2.72. The van der Waals surface area contributed by atoms with Gasteiger partial charge in [0.15, 0.2) is 17.3 Å². The van der Waals surface area contributed by atoms with Crippen LogP contribution in [0.3, 0.4) is 0 Å². The highest BCUT2D eigenvalue weighted by atomic mass is 15.3. The normalized spacial score (nSPS) is 22.8. The van der Waals surface area contributed by atoms with Crippen molar-refractivity contribution >= 4 is 23.4 Å². The van der Waals surface area contributed by atoms with E-state index in [9.17, 15) is 0 Å². The van der Waals surface area contributed by atoms with Gasteiger partial charge in [-0.3, -0.25) is 15.0 Å². The maximum atomic E-state index is 5.25. The molecule has 12 heteroatoms. The molecule has 5 heterocycles. The molecule has 0 N–H and O–H groups in total. The molecule has 0 saturated heterocycles. The predicted octanol–water partition coefficient (Wildman–Crippen LogP) is 7.38. The topological polar surface area (TPSA) is 129 Å². The Kier molecular flexibility index (Phi) is 7.86. The van der Waals surface area contributed by atoms with E-state index in [0.717, 1.165) is 94.9 Å². The van der Waals surface area contributed by atoms with Gasteiger partial charge in [0.25, 0.3) is 5.78 Å². The Hall–Kier alpha value is -5.91. The molecule has 3 aliphatic carbocycles. The molecule has 0 amide bonds. The van der Waals surface area contributed by atoms with Crippen LogP contribution in [0.2, 0.25) is 0 Å². The van der Waals surface area contributed by atoms with Crippen LogP contribution in [0.25, 0.3) is 22.7 Å². The Morgan fingerprint density at radius 1 is 0.909 bits per heavy atom. The number of rotatable bonds is 11. The van der Waals surface area contributed by atoms with Crippen molar-refractivity contribution in [3.05, 3.63) is 124 Å². The summed E-state index contributed by atoms with van der Waals surface area (Å²) in [4.78, 5) is 34.1. The maximum Gasteiger partial charge on any atom is 0.252 e. The fourth-order valence-corrected chi connectivity index (χ4v) is 8.44. The lowest BCUT2D eigenvalue weighted by Gasteiger charge is -2.06. The highest BCUT2D eigenvalue weighted by molar-refractivity contribution is 6.10. The summed E-state index contributed by atoms with van der Waals surface area (Å²) in [5, 5.41) is 9.83. The predicted molar refractivity (Wildman–Crippen MR) is 212 cm³/mol. The van der Waals surface area contributed by atoms with Crippen molar-refractivity contribution in [2.75, 3.05) is 7.05 Å². The highest BCUT2D eigenvalue weighted by Gasteiger charge is 2.70. The van der Waals surface area contributed by atoms with Gasteiger partial charge in [-0.2, -0.15) is 10.1 Å². The van der Waals surface area contributed by atoms with Gasteiger partial charge in [0.2, 0.25) is 0 Å². The Balaban J connectivity index is 0.864. The molecule has 1 spiro atoms. The van der Waals surface area contributed by atoms with Crippen LogP contribution in [0.1, 0.15) is 108 Å². The Labute approximate surface area is 319 Å². The van der Waals surface area contributed by atoms with E-state index in [4.69, 9.17) is 35.1 Å². The average Bonchev–Trinajstić information content (AvgIpc) is 4.11. The van der Waals surface area contributed by atoms with Gasteiger partial charge in [-0.15, -0.1) is 5.10 Å². The van der Waals surface area contributed by atoms with E-state index in [1.807, 2.05) is 48.4 Å². The lowest BCUT2D eigenvalue weighted by atomic mass is 10.0. The second-order valence-corrected chi connectivity index (χ2v) is 15.7. The number of aliphatic imine (C=N–C) groups is 2. The molecule has 10 rings (SSSR count). The summed E-state index contributed by atoms with van der Waals surface area (Å²) in [6.45, 7) is 9.23. The Morgan fingerprint density at radius 2 is 1.76 bits per heavy atom. The molecule has 276 valence electrons. The van der Waals surface area contributed by atoms with E-state index in [-0.39, 0.29) is 23.3 Å². The van der Waals surface area contributed by atoms with Crippen LogP contribution in [-0.2, 0) is 13.0 Å². The minimum Gasteiger partial charge on any atom is -0.334 e. The quantitative estimate of drug-likeness (QED) is 0.127. The van der Waals surface area contributed by atoms with Crippen LogP contribution < -0.4 is 0 Å². The molecule has 12 nitrogen and oxygen atoms in total. The van der Waals surface area contributed by atoms with Crippen LogP contribution >= 0.6 is 0 Å². The molecule has 3 saturated carbocycles. The standard InChI is InChI=1S/C43H44N12/c1-6-15-53-24-36(48-41(53)33-19-32(33)38-49-40-27(4)45-22-26(3)54(40)51-38)30-14-10-11-28(17-30)18-31-16-25(2)55-42(46-31)50-39(52-55)34-20-43(34)21-37(43)47-35(23-44-5)29-12-8-7-9-13-29/h7-14,16-17,22-24,32-35H,6,15,18-21H2,1-5H3. The average molecular weight is 729 g/mol. The summed E-state index contributed by atoms with van der Waals surface area (Å²) < 4.78 is 6.15. The number of aromatic nitrogens is 10. The minimum absolute atomic E-state index is 0.0564. The number of imidazole rings is 1. The van der Waals surface area contributed by atoms with Gasteiger partial charge < -0.3 is 4.57 Å². The molecule has 5 atom stereocenters. The lowest BCUT2D eigenvalue weighted by molar-refractivity contribution is 0.634. The number of benzene rings is 2. The first-order valence-electron chi connectivity index (χ1n) is 19.4. The van der Waals surface area contributed by atoms with Gasteiger partial charge >= 0.3 is 0 Å². The maximum absolute atomic E-state index is 5.25. The molecule has 5 unspecified atom stereocenters. The van der Waals surface area contributed by atoms with Gasteiger partial charge in [-0.05, 0) is 69.7 Å². The third-order valence-electron chi connectivity index (χ3n) is 11.7. The number of aryl methyl sites for hydroxylation is 4. The van der Waals surface area contributed by atoms with E-state index in [0.29, 0.717) is 18.1 Å². The number of fused-ring (bicyclic) bond motifs is 2. The van der Waals surface area contributed by atoms with Crippen molar-refractivity contribution in [3.63, 3.8) is 0 Å². The zero-order chi connectivity index (χ0) is 37.4. The first-order chi connectivity index (χ1) is 26.8. The van der Waals surface area contributed by atoms with E-state index in [2.05, 4.69) is 89.2 Å². The molecule has 2 aromatic carbocycles. The molecule has 0 bridgehead atoms. The van der Waals surface area contributed by atoms with Crippen molar-refractivity contribution < 1.29 is 0 Å². The molecular weight excluding hydrogens is 685 g/mol. The molecule has 0 radical (unpaired) electrons. The zero-order valence-corrected chi connectivity index (χ0v) is 31.9. The largest absolute Gasteiger partial charge is 0.334 e. The van der Waals surface area contributed by atoms with Crippen molar-refractivity contribution in [1.29, 1.82) is 0 Å². The van der Waals surface area contributed by atoms with Crippen LogP contribution in [-0.4, -0.2) is 67.7 Å². The summed E-state index contributed by atoms with van der Waals surface area (Å²) in [6, 6.07) is 21.2. The minimum atomic E-state index is -0.0564.